The summed E-state index contributed by atoms with van der Waals surface area (Å²) in [4.78, 5) is 12.7. The van der Waals surface area contributed by atoms with Gasteiger partial charge in [-0.3, -0.25) is 4.79 Å². The van der Waals surface area contributed by atoms with Crippen LogP contribution in [-0.4, -0.2) is 14.2 Å². The lowest BCUT2D eigenvalue weighted by atomic mass is 9.86. The maximum absolute atomic E-state index is 12.3. The highest BCUT2D eigenvalue weighted by atomic mass is 32.2. The summed E-state index contributed by atoms with van der Waals surface area (Å²) < 4.78 is 22.5. The van der Waals surface area contributed by atoms with Crippen molar-refractivity contribution in [3.8, 4) is 0 Å². The molecule has 1 aromatic carbocycles. The lowest BCUT2D eigenvalue weighted by Crippen LogP contribution is -2.11. The van der Waals surface area contributed by atoms with Crippen molar-refractivity contribution in [2.75, 3.05) is 0 Å². The first-order chi connectivity index (χ1) is 9.59. The minimum atomic E-state index is -3.77. The van der Waals surface area contributed by atoms with Gasteiger partial charge in [0, 0.05) is 10.9 Å². The zero-order valence-electron chi connectivity index (χ0n) is 12.1. The molecule has 0 atom stereocenters. The fourth-order valence-electron chi connectivity index (χ4n) is 1.85. The van der Waals surface area contributed by atoms with E-state index in [1.807, 2.05) is 12.1 Å². The van der Waals surface area contributed by atoms with Crippen LogP contribution in [0.3, 0.4) is 0 Å². The van der Waals surface area contributed by atoms with Gasteiger partial charge in [0.2, 0.25) is 15.8 Å². The first-order valence-electron chi connectivity index (χ1n) is 6.35. The predicted octanol–water partition coefficient (Wildman–Crippen LogP) is 2.92. The normalized spacial score (nSPS) is 12.4. The number of thiophene rings is 1. The molecule has 21 heavy (non-hydrogen) atoms. The van der Waals surface area contributed by atoms with Crippen LogP contribution in [0.15, 0.2) is 40.6 Å². The molecule has 0 bridgehead atoms. The minimum absolute atomic E-state index is 0.0192. The average molecular weight is 323 g/mol. The number of carbonyl (C=O) groups is 1. The first kappa shape index (κ1) is 15.9. The van der Waals surface area contributed by atoms with E-state index in [-0.39, 0.29) is 16.1 Å². The maximum Gasteiger partial charge on any atom is 0.238 e. The number of benzene rings is 1. The summed E-state index contributed by atoms with van der Waals surface area (Å²) in [6.45, 7) is 6.30. The second kappa shape index (κ2) is 5.36. The van der Waals surface area contributed by atoms with Crippen molar-refractivity contribution in [2.24, 2.45) is 5.14 Å². The van der Waals surface area contributed by atoms with Crippen LogP contribution < -0.4 is 5.14 Å². The zero-order valence-corrected chi connectivity index (χ0v) is 13.7. The highest BCUT2D eigenvalue weighted by Gasteiger charge is 2.18. The van der Waals surface area contributed by atoms with Crippen molar-refractivity contribution in [3.63, 3.8) is 0 Å². The Morgan fingerprint density at radius 2 is 1.71 bits per heavy atom. The number of carbonyl (C=O) groups excluding carboxylic acids is 1. The zero-order chi connectivity index (χ0) is 15.8. The molecular formula is C15H17NO3S2. The van der Waals surface area contributed by atoms with Crippen molar-refractivity contribution in [1.29, 1.82) is 0 Å². The summed E-state index contributed by atoms with van der Waals surface area (Å²) >= 11 is 1.08. The van der Waals surface area contributed by atoms with Crippen LogP contribution in [-0.2, 0) is 15.4 Å². The molecule has 1 heterocycles. The maximum atomic E-state index is 12.3. The minimum Gasteiger partial charge on any atom is -0.288 e. The summed E-state index contributed by atoms with van der Waals surface area (Å²) in [5, 5.41) is 6.43. The van der Waals surface area contributed by atoms with E-state index in [1.54, 1.807) is 12.1 Å². The quantitative estimate of drug-likeness (QED) is 0.882. The van der Waals surface area contributed by atoms with Crippen molar-refractivity contribution >= 4 is 27.1 Å². The third-order valence-electron chi connectivity index (χ3n) is 3.14. The molecule has 2 N–H and O–H groups in total. The molecule has 0 saturated carbocycles. The van der Waals surface area contributed by atoms with Crippen LogP contribution in [0, 0.1) is 0 Å². The number of rotatable bonds is 3. The van der Waals surface area contributed by atoms with Crippen molar-refractivity contribution < 1.29 is 13.2 Å². The van der Waals surface area contributed by atoms with Crippen LogP contribution in [0.25, 0.3) is 0 Å². The Kier molecular flexibility index (Phi) is 4.06. The van der Waals surface area contributed by atoms with Gasteiger partial charge < -0.3 is 0 Å². The predicted molar refractivity (Wildman–Crippen MR) is 84.3 cm³/mol. The van der Waals surface area contributed by atoms with E-state index in [0.717, 1.165) is 16.9 Å². The summed E-state index contributed by atoms with van der Waals surface area (Å²) in [6.07, 6.45) is 0. The number of hydrogen-bond donors (Lipinski definition) is 1. The van der Waals surface area contributed by atoms with Gasteiger partial charge >= 0.3 is 0 Å². The van der Waals surface area contributed by atoms with Gasteiger partial charge in [0.1, 0.15) is 0 Å². The van der Waals surface area contributed by atoms with Gasteiger partial charge in [0.15, 0.2) is 0 Å². The number of primary sulfonamides is 1. The van der Waals surface area contributed by atoms with Gasteiger partial charge in [0.05, 0.1) is 9.77 Å². The second-order valence-corrected chi connectivity index (χ2v) is 8.32. The summed E-state index contributed by atoms with van der Waals surface area (Å²) in [6, 6.07) is 8.68. The van der Waals surface area contributed by atoms with Gasteiger partial charge in [-0.15, -0.1) is 11.3 Å². The van der Waals surface area contributed by atoms with Gasteiger partial charge in [-0.2, -0.15) is 0 Å². The molecule has 0 saturated heterocycles. The van der Waals surface area contributed by atoms with Gasteiger partial charge in [-0.1, -0.05) is 45.0 Å². The number of sulfonamides is 1. The molecule has 0 fully saturated rings. The molecule has 0 aliphatic heterocycles. The Hall–Kier alpha value is -1.50. The highest BCUT2D eigenvalue weighted by molar-refractivity contribution is 7.89. The lowest BCUT2D eigenvalue weighted by Gasteiger charge is -2.18. The van der Waals surface area contributed by atoms with Gasteiger partial charge in [-0.25, -0.2) is 13.6 Å². The van der Waals surface area contributed by atoms with Crippen LogP contribution in [0.1, 0.15) is 41.6 Å². The summed E-state index contributed by atoms with van der Waals surface area (Å²) in [5.41, 5.74) is 1.69. The standard InChI is InChI=1S/C15H17NO3S2/c1-15(2,3)11-6-4-10(5-7-11)14(17)13-8-12(9-20-13)21(16,18)19/h4-9H,1-3H3,(H2,16,18,19). The lowest BCUT2D eigenvalue weighted by molar-refractivity contribution is 0.104. The summed E-state index contributed by atoms with van der Waals surface area (Å²) in [7, 11) is -3.77. The molecule has 0 aliphatic carbocycles. The van der Waals surface area contributed by atoms with Crippen LogP contribution in [0.4, 0.5) is 0 Å². The summed E-state index contributed by atoms with van der Waals surface area (Å²) in [5.74, 6) is -0.199. The molecule has 0 aliphatic rings. The molecule has 0 radical (unpaired) electrons. The first-order valence-corrected chi connectivity index (χ1v) is 8.78. The SMILES string of the molecule is CC(C)(C)c1ccc(C(=O)c2cc(S(N)(=O)=O)cs2)cc1. The van der Waals surface area contributed by atoms with Crippen LogP contribution >= 0.6 is 11.3 Å². The van der Waals surface area contributed by atoms with Crippen molar-refractivity contribution in [3.05, 3.63) is 51.7 Å². The number of nitrogens with two attached hydrogens (primary N) is 1. The van der Waals surface area contributed by atoms with E-state index >= 15 is 0 Å². The molecule has 4 nitrogen and oxygen atoms in total. The fraction of sp³-hybridized carbons (Fsp3) is 0.267. The van der Waals surface area contributed by atoms with E-state index in [1.165, 1.54) is 11.4 Å². The van der Waals surface area contributed by atoms with E-state index in [4.69, 9.17) is 5.14 Å². The van der Waals surface area contributed by atoms with Crippen molar-refractivity contribution in [2.45, 2.75) is 31.1 Å². The Bertz CT molecular complexity index is 766. The molecular weight excluding hydrogens is 306 g/mol. The van der Waals surface area contributed by atoms with E-state index in [0.29, 0.717) is 10.4 Å². The fourth-order valence-corrected chi connectivity index (χ4v) is 3.62. The molecule has 112 valence electrons. The van der Waals surface area contributed by atoms with Crippen LogP contribution in [0.5, 0.6) is 0 Å². The van der Waals surface area contributed by atoms with Crippen LogP contribution in [0.2, 0.25) is 0 Å². The second-order valence-electron chi connectivity index (χ2n) is 5.85. The van der Waals surface area contributed by atoms with Gasteiger partial charge in [0.25, 0.3) is 0 Å². The molecule has 0 unspecified atom stereocenters. The van der Waals surface area contributed by atoms with E-state index < -0.39 is 10.0 Å². The Morgan fingerprint density at radius 3 is 2.14 bits per heavy atom. The third-order valence-corrected chi connectivity index (χ3v) is 5.11. The molecule has 0 spiro atoms. The van der Waals surface area contributed by atoms with E-state index in [9.17, 15) is 13.2 Å². The van der Waals surface area contributed by atoms with E-state index in [2.05, 4.69) is 20.8 Å². The molecule has 0 amide bonds. The molecule has 1 aromatic heterocycles. The monoisotopic (exact) mass is 323 g/mol. The Labute approximate surface area is 128 Å². The third kappa shape index (κ3) is 3.58. The average Bonchev–Trinajstić information content (AvgIpc) is 2.86. The topological polar surface area (TPSA) is 77.2 Å². The van der Waals surface area contributed by atoms with Crippen molar-refractivity contribution in [1.82, 2.24) is 0 Å². The molecule has 2 rings (SSSR count). The Morgan fingerprint density at radius 1 is 1.14 bits per heavy atom. The smallest absolute Gasteiger partial charge is 0.238 e. The molecule has 2 aromatic rings. The largest absolute Gasteiger partial charge is 0.288 e. The van der Waals surface area contributed by atoms with Gasteiger partial charge in [-0.05, 0) is 17.0 Å². The number of hydrogen-bond acceptors (Lipinski definition) is 4. The number of ketones is 1. The Balaban J connectivity index is 2.30. The highest BCUT2D eigenvalue weighted by Crippen LogP contribution is 2.25. The molecule has 6 heteroatoms.